The van der Waals surface area contributed by atoms with Crippen LogP contribution in [0.1, 0.15) is 0 Å². The molecular formula is C7H9N2O4P. The maximum Gasteiger partial charge on any atom is 0.330 e. The highest BCUT2D eigenvalue weighted by molar-refractivity contribution is 7.67. The standard InChI is InChI=1S/C7H9N2O4P/c8-6(7(10)11)14(12,13)5-3-1-2-4-9-5/h1-4,6H,8H2,(H,10,11)(H,12,13). The van der Waals surface area contributed by atoms with Gasteiger partial charge in [0.1, 0.15) is 5.44 Å². The largest absolute Gasteiger partial charge is 0.480 e. The normalized spacial score (nSPS) is 17.0. The van der Waals surface area contributed by atoms with Crippen LogP contribution >= 0.6 is 7.37 Å². The van der Waals surface area contributed by atoms with Gasteiger partial charge in [-0.3, -0.25) is 9.55 Å². The van der Waals surface area contributed by atoms with Crippen LogP contribution in [0.2, 0.25) is 0 Å². The molecule has 1 rings (SSSR count). The minimum Gasteiger partial charge on any atom is -0.480 e. The fourth-order valence-electron chi connectivity index (χ4n) is 0.835. The van der Waals surface area contributed by atoms with Crippen LogP contribution in [0.5, 0.6) is 0 Å². The highest BCUT2D eigenvalue weighted by Gasteiger charge is 2.36. The van der Waals surface area contributed by atoms with E-state index in [1.165, 1.54) is 18.3 Å². The Kier molecular flexibility index (Phi) is 3.00. The number of hydrogen-bond donors (Lipinski definition) is 3. The number of aliphatic carboxylic acids is 1. The van der Waals surface area contributed by atoms with Gasteiger partial charge in [-0.25, -0.2) is 4.79 Å². The number of nitrogens with two attached hydrogens (primary N) is 1. The second kappa shape index (κ2) is 3.88. The molecule has 0 amide bonds. The number of nitrogens with zero attached hydrogens (tertiary/aromatic N) is 1. The van der Waals surface area contributed by atoms with Crippen LogP contribution in [0.3, 0.4) is 0 Å². The predicted molar refractivity (Wildman–Crippen MR) is 49.3 cm³/mol. The monoisotopic (exact) mass is 216 g/mol. The van der Waals surface area contributed by atoms with Gasteiger partial charge in [-0.2, -0.15) is 0 Å². The topological polar surface area (TPSA) is 114 Å². The molecule has 1 aromatic heterocycles. The number of carboxylic acids is 1. The molecule has 0 aromatic carbocycles. The van der Waals surface area contributed by atoms with E-state index >= 15 is 0 Å². The lowest BCUT2D eigenvalue weighted by atomic mass is 10.5. The highest BCUT2D eigenvalue weighted by atomic mass is 31.2. The average molecular weight is 216 g/mol. The molecule has 0 fully saturated rings. The molecule has 1 aromatic rings. The van der Waals surface area contributed by atoms with Crippen LogP contribution in [0, 0.1) is 0 Å². The average Bonchev–Trinajstić information content (AvgIpc) is 2.18. The van der Waals surface area contributed by atoms with Crippen LogP contribution < -0.4 is 11.2 Å². The molecule has 7 heteroatoms. The van der Waals surface area contributed by atoms with Gasteiger partial charge >= 0.3 is 5.97 Å². The molecule has 0 saturated heterocycles. The minimum absolute atomic E-state index is 0.199. The number of carbonyl (C=O) groups is 1. The Morgan fingerprint density at radius 3 is 2.64 bits per heavy atom. The summed E-state index contributed by atoms with van der Waals surface area (Å²) in [6, 6.07) is 4.30. The summed E-state index contributed by atoms with van der Waals surface area (Å²) in [5.41, 5.74) is 4.87. The molecule has 0 saturated carbocycles. The van der Waals surface area contributed by atoms with Crippen molar-refractivity contribution in [2.24, 2.45) is 5.73 Å². The van der Waals surface area contributed by atoms with E-state index in [0.29, 0.717) is 0 Å². The molecule has 4 N–H and O–H groups in total. The number of pyridine rings is 1. The molecule has 76 valence electrons. The Labute approximate surface area is 79.8 Å². The number of rotatable bonds is 3. The van der Waals surface area contributed by atoms with E-state index in [0.717, 1.165) is 0 Å². The van der Waals surface area contributed by atoms with Crippen LogP contribution in [-0.4, -0.2) is 26.7 Å². The van der Waals surface area contributed by atoms with Gasteiger partial charge in [0.25, 0.3) is 7.37 Å². The van der Waals surface area contributed by atoms with E-state index in [2.05, 4.69) is 4.98 Å². The highest BCUT2D eigenvalue weighted by Crippen LogP contribution is 2.41. The summed E-state index contributed by atoms with van der Waals surface area (Å²) < 4.78 is 11.5. The molecular weight excluding hydrogens is 207 g/mol. The van der Waals surface area contributed by atoms with Gasteiger partial charge in [-0.05, 0) is 12.1 Å². The van der Waals surface area contributed by atoms with Gasteiger partial charge < -0.3 is 15.7 Å². The van der Waals surface area contributed by atoms with Crippen molar-refractivity contribution < 1.29 is 19.4 Å². The Hall–Kier alpha value is -1.23. The lowest BCUT2D eigenvalue weighted by Crippen LogP contribution is -2.34. The molecule has 0 aliphatic rings. The zero-order chi connectivity index (χ0) is 10.8. The van der Waals surface area contributed by atoms with Crippen LogP contribution in [0.15, 0.2) is 24.4 Å². The van der Waals surface area contributed by atoms with Gasteiger partial charge in [0.15, 0.2) is 5.78 Å². The second-order valence-electron chi connectivity index (χ2n) is 2.59. The molecule has 1 heterocycles. The molecule has 0 spiro atoms. The number of aromatic nitrogens is 1. The van der Waals surface area contributed by atoms with Crippen LogP contribution in [0.4, 0.5) is 0 Å². The second-order valence-corrected chi connectivity index (χ2v) is 4.85. The smallest absolute Gasteiger partial charge is 0.330 e. The van der Waals surface area contributed by atoms with Gasteiger partial charge in [0, 0.05) is 6.20 Å². The molecule has 2 unspecified atom stereocenters. The molecule has 0 bridgehead atoms. The maximum absolute atomic E-state index is 11.5. The van der Waals surface area contributed by atoms with Crippen molar-refractivity contribution in [1.29, 1.82) is 0 Å². The van der Waals surface area contributed by atoms with Crippen molar-refractivity contribution in [3.8, 4) is 0 Å². The van der Waals surface area contributed by atoms with E-state index in [1.807, 2.05) is 0 Å². The Balaban J connectivity index is 3.09. The SMILES string of the molecule is NC(C(=O)O)P(=O)(O)c1ccccn1. The van der Waals surface area contributed by atoms with Crippen molar-refractivity contribution in [2.75, 3.05) is 0 Å². The molecule has 14 heavy (non-hydrogen) atoms. The van der Waals surface area contributed by atoms with Gasteiger partial charge in [0.05, 0.1) is 0 Å². The third kappa shape index (κ3) is 1.98. The Morgan fingerprint density at radius 1 is 1.57 bits per heavy atom. The van der Waals surface area contributed by atoms with Gasteiger partial charge in [0.2, 0.25) is 0 Å². The predicted octanol–water partition coefficient (Wildman–Crippen LogP) is -0.653. The maximum atomic E-state index is 11.5. The minimum atomic E-state index is -4.12. The third-order valence-corrected chi connectivity index (χ3v) is 3.50. The number of hydrogen-bond acceptors (Lipinski definition) is 4. The van der Waals surface area contributed by atoms with E-state index in [-0.39, 0.29) is 5.44 Å². The van der Waals surface area contributed by atoms with Crippen molar-refractivity contribution in [3.05, 3.63) is 24.4 Å². The first-order valence-corrected chi connectivity index (χ1v) is 5.41. The van der Waals surface area contributed by atoms with E-state index < -0.39 is 19.1 Å². The van der Waals surface area contributed by atoms with Crippen molar-refractivity contribution >= 4 is 18.8 Å². The zero-order valence-corrected chi connectivity index (χ0v) is 7.96. The van der Waals surface area contributed by atoms with Crippen molar-refractivity contribution in [2.45, 2.75) is 5.78 Å². The molecule has 6 nitrogen and oxygen atoms in total. The van der Waals surface area contributed by atoms with Gasteiger partial charge in [-0.15, -0.1) is 0 Å². The first-order valence-electron chi connectivity index (χ1n) is 3.68. The lowest BCUT2D eigenvalue weighted by molar-refractivity contribution is -0.136. The summed E-state index contributed by atoms with van der Waals surface area (Å²) in [5.74, 6) is -3.36. The molecule has 2 atom stereocenters. The zero-order valence-electron chi connectivity index (χ0n) is 7.07. The van der Waals surface area contributed by atoms with Gasteiger partial charge in [-0.1, -0.05) is 6.07 Å². The van der Waals surface area contributed by atoms with Crippen LogP contribution in [0.25, 0.3) is 0 Å². The fourth-order valence-corrected chi connectivity index (χ4v) is 1.95. The van der Waals surface area contributed by atoms with E-state index in [4.69, 9.17) is 10.8 Å². The first kappa shape index (κ1) is 10.8. The molecule has 0 radical (unpaired) electrons. The van der Waals surface area contributed by atoms with E-state index in [9.17, 15) is 14.3 Å². The summed E-state index contributed by atoms with van der Waals surface area (Å²) in [6.45, 7) is 0. The summed E-state index contributed by atoms with van der Waals surface area (Å²) in [4.78, 5) is 23.4. The molecule has 0 aliphatic carbocycles. The molecule has 0 aliphatic heterocycles. The summed E-state index contributed by atoms with van der Waals surface area (Å²) in [5, 5.41) is 8.49. The Morgan fingerprint density at radius 2 is 2.21 bits per heavy atom. The van der Waals surface area contributed by atoms with Crippen molar-refractivity contribution in [1.82, 2.24) is 4.98 Å². The van der Waals surface area contributed by atoms with Crippen molar-refractivity contribution in [3.63, 3.8) is 0 Å². The third-order valence-electron chi connectivity index (χ3n) is 1.61. The summed E-state index contributed by atoms with van der Waals surface area (Å²) in [6.07, 6.45) is 1.30. The number of carboxylic acid groups (broad SMARTS) is 1. The quantitative estimate of drug-likeness (QED) is 0.578. The van der Waals surface area contributed by atoms with Crippen LogP contribution in [-0.2, 0) is 9.36 Å². The fraction of sp³-hybridized carbons (Fsp3) is 0.143. The first-order chi connectivity index (χ1) is 6.46. The lowest BCUT2D eigenvalue weighted by Gasteiger charge is -2.14. The summed E-state index contributed by atoms with van der Waals surface area (Å²) >= 11 is 0. The summed E-state index contributed by atoms with van der Waals surface area (Å²) in [7, 11) is -4.12. The Bertz CT molecular complexity index is 381. The van der Waals surface area contributed by atoms with E-state index in [1.54, 1.807) is 6.07 Å².